The highest BCUT2D eigenvalue weighted by Gasteiger charge is 2.14. The normalized spacial score (nSPS) is 10.6. The van der Waals surface area contributed by atoms with Crippen LogP contribution in [-0.4, -0.2) is 16.0 Å². The first kappa shape index (κ1) is 13.2. The number of fused-ring (bicyclic) bond motifs is 1. The molecule has 0 unspecified atom stereocenters. The van der Waals surface area contributed by atoms with E-state index in [1.165, 1.54) is 6.92 Å². The first-order valence-electron chi connectivity index (χ1n) is 6.75. The number of anilines is 2. The van der Waals surface area contributed by atoms with Crippen LogP contribution in [0.2, 0.25) is 0 Å². The van der Waals surface area contributed by atoms with Gasteiger partial charge in [-0.3, -0.25) is 4.79 Å². The molecule has 0 aliphatic carbocycles. The van der Waals surface area contributed by atoms with Crippen LogP contribution in [0.4, 0.5) is 11.4 Å². The number of Topliss-reactive ketones (excluding diaryl/α,β-unsaturated/α-hetero) is 1. The summed E-state index contributed by atoms with van der Waals surface area (Å²) in [7, 11) is 0. The topological polar surface area (TPSA) is 54.9 Å². The number of nitrogens with one attached hydrogen (secondary N) is 1. The molecule has 0 aliphatic heterocycles. The molecular weight excluding hydrogens is 262 g/mol. The molecule has 3 aromatic rings. The molecule has 0 bridgehead atoms. The minimum Gasteiger partial charge on any atom is -0.353 e. The van der Waals surface area contributed by atoms with E-state index in [0.717, 1.165) is 22.2 Å². The number of aromatic nitrogens is 2. The molecule has 104 valence electrons. The van der Waals surface area contributed by atoms with Crippen LogP contribution in [0.5, 0.6) is 0 Å². The van der Waals surface area contributed by atoms with Crippen LogP contribution in [-0.2, 0) is 0 Å². The van der Waals surface area contributed by atoms with Gasteiger partial charge in [0.05, 0.1) is 11.2 Å². The van der Waals surface area contributed by atoms with Gasteiger partial charge in [-0.25, -0.2) is 0 Å². The lowest BCUT2D eigenvalue weighted by Gasteiger charge is -2.12. The molecular formula is C17H15N3O. The second kappa shape index (κ2) is 5.32. The first-order chi connectivity index (χ1) is 10.1. The highest BCUT2D eigenvalue weighted by Crippen LogP contribution is 2.28. The van der Waals surface area contributed by atoms with Gasteiger partial charge in [0.15, 0.2) is 11.5 Å². The van der Waals surface area contributed by atoms with Crippen molar-refractivity contribution < 1.29 is 4.79 Å². The maximum atomic E-state index is 11.8. The van der Waals surface area contributed by atoms with Gasteiger partial charge in [0.25, 0.3) is 0 Å². The highest BCUT2D eigenvalue weighted by molar-refractivity contribution is 6.06. The molecule has 0 saturated carbocycles. The Morgan fingerprint density at radius 2 is 1.81 bits per heavy atom. The Morgan fingerprint density at radius 1 is 1.05 bits per heavy atom. The van der Waals surface area contributed by atoms with Crippen LogP contribution >= 0.6 is 0 Å². The zero-order valence-electron chi connectivity index (χ0n) is 11.9. The predicted molar refractivity (Wildman–Crippen MR) is 84.0 cm³/mol. The molecule has 0 radical (unpaired) electrons. The molecule has 3 rings (SSSR count). The largest absolute Gasteiger partial charge is 0.353 e. The minimum atomic E-state index is -0.107. The molecule has 0 aliphatic rings. The van der Waals surface area contributed by atoms with Crippen LogP contribution in [0.25, 0.3) is 10.9 Å². The van der Waals surface area contributed by atoms with Crippen molar-refractivity contribution in [3.63, 3.8) is 0 Å². The van der Waals surface area contributed by atoms with Crippen molar-refractivity contribution in [2.75, 3.05) is 5.32 Å². The maximum absolute atomic E-state index is 11.8. The molecule has 0 atom stereocenters. The Labute approximate surface area is 122 Å². The molecule has 0 spiro atoms. The van der Waals surface area contributed by atoms with Gasteiger partial charge in [-0.2, -0.15) is 0 Å². The molecule has 0 amide bonds. The van der Waals surface area contributed by atoms with Crippen molar-refractivity contribution in [3.05, 3.63) is 59.8 Å². The zero-order chi connectivity index (χ0) is 14.8. The summed E-state index contributed by atoms with van der Waals surface area (Å²) >= 11 is 0. The van der Waals surface area contributed by atoms with E-state index in [2.05, 4.69) is 15.5 Å². The number of rotatable bonds is 3. The van der Waals surface area contributed by atoms with E-state index in [-0.39, 0.29) is 5.78 Å². The summed E-state index contributed by atoms with van der Waals surface area (Å²) in [6.07, 6.45) is 0. The van der Waals surface area contributed by atoms with Crippen molar-refractivity contribution in [3.8, 4) is 0 Å². The van der Waals surface area contributed by atoms with Crippen LogP contribution in [0.15, 0.2) is 48.5 Å². The molecule has 1 aromatic heterocycles. The Morgan fingerprint density at radius 3 is 2.52 bits per heavy atom. The van der Waals surface area contributed by atoms with E-state index in [1.807, 2.05) is 55.5 Å². The molecule has 1 heterocycles. The average Bonchev–Trinajstić information content (AvgIpc) is 2.48. The molecule has 0 saturated heterocycles. The second-order valence-corrected chi connectivity index (χ2v) is 4.99. The van der Waals surface area contributed by atoms with Gasteiger partial charge in [-0.1, -0.05) is 29.8 Å². The van der Waals surface area contributed by atoms with Gasteiger partial charge in [0, 0.05) is 18.0 Å². The molecule has 4 nitrogen and oxygen atoms in total. The molecule has 0 fully saturated rings. The fourth-order valence-corrected chi connectivity index (χ4v) is 2.26. The number of para-hydroxylation sites is 1. The monoisotopic (exact) mass is 277 g/mol. The van der Waals surface area contributed by atoms with E-state index >= 15 is 0 Å². The van der Waals surface area contributed by atoms with Crippen LogP contribution < -0.4 is 5.32 Å². The number of carbonyl (C=O) groups excluding carboxylic acids is 1. The zero-order valence-corrected chi connectivity index (χ0v) is 11.9. The smallest absolute Gasteiger partial charge is 0.182 e. The van der Waals surface area contributed by atoms with Gasteiger partial charge in [0.1, 0.15) is 0 Å². The number of benzene rings is 2. The number of hydrogen-bond donors (Lipinski definition) is 1. The Bertz CT molecular complexity index is 813. The molecule has 21 heavy (non-hydrogen) atoms. The van der Waals surface area contributed by atoms with Gasteiger partial charge in [0.2, 0.25) is 0 Å². The summed E-state index contributed by atoms with van der Waals surface area (Å²) < 4.78 is 0. The van der Waals surface area contributed by atoms with Crippen molar-refractivity contribution in [1.82, 2.24) is 10.2 Å². The maximum Gasteiger partial charge on any atom is 0.182 e. The van der Waals surface area contributed by atoms with Crippen LogP contribution in [0.1, 0.15) is 23.0 Å². The van der Waals surface area contributed by atoms with Crippen LogP contribution in [0, 0.1) is 6.92 Å². The Hall–Kier alpha value is -2.75. The van der Waals surface area contributed by atoms with Crippen molar-refractivity contribution in [2.24, 2.45) is 0 Å². The lowest BCUT2D eigenvalue weighted by molar-refractivity contribution is 0.101. The summed E-state index contributed by atoms with van der Waals surface area (Å²) in [5.74, 6) is -0.107. The standard InChI is InChI=1S/C17H15N3O/c1-11-8-9-15-14(10-11)17(16(12(2)21)20-19-15)18-13-6-4-3-5-7-13/h3-10H,1-2H3,(H,18,19). The molecule has 2 aromatic carbocycles. The number of ketones is 1. The number of nitrogens with zero attached hydrogens (tertiary/aromatic N) is 2. The number of carbonyl (C=O) groups is 1. The van der Waals surface area contributed by atoms with E-state index in [4.69, 9.17) is 0 Å². The van der Waals surface area contributed by atoms with E-state index in [0.29, 0.717) is 11.4 Å². The summed E-state index contributed by atoms with van der Waals surface area (Å²) in [4.78, 5) is 11.8. The fourth-order valence-electron chi connectivity index (χ4n) is 2.26. The number of aryl methyl sites for hydroxylation is 1. The minimum absolute atomic E-state index is 0.107. The van der Waals surface area contributed by atoms with Gasteiger partial charge in [-0.05, 0) is 31.2 Å². The SMILES string of the molecule is CC(=O)c1nnc2ccc(C)cc2c1Nc1ccccc1. The fraction of sp³-hybridized carbons (Fsp3) is 0.118. The first-order valence-corrected chi connectivity index (χ1v) is 6.75. The molecule has 1 N–H and O–H groups in total. The third-order valence-corrected chi connectivity index (χ3v) is 3.29. The third-order valence-electron chi connectivity index (χ3n) is 3.29. The van der Waals surface area contributed by atoms with Gasteiger partial charge < -0.3 is 5.32 Å². The Balaban J connectivity index is 2.23. The molecule has 4 heteroatoms. The average molecular weight is 277 g/mol. The van der Waals surface area contributed by atoms with E-state index < -0.39 is 0 Å². The quantitative estimate of drug-likeness (QED) is 0.738. The lowest BCUT2D eigenvalue weighted by Crippen LogP contribution is -2.06. The summed E-state index contributed by atoms with van der Waals surface area (Å²) in [6.45, 7) is 3.52. The van der Waals surface area contributed by atoms with Crippen molar-refractivity contribution >= 4 is 28.1 Å². The van der Waals surface area contributed by atoms with Gasteiger partial charge >= 0.3 is 0 Å². The van der Waals surface area contributed by atoms with E-state index in [1.54, 1.807) is 0 Å². The summed E-state index contributed by atoms with van der Waals surface area (Å²) in [5, 5.41) is 12.4. The summed E-state index contributed by atoms with van der Waals surface area (Å²) in [6, 6.07) is 15.6. The predicted octanol–water partition coefficient (Wildman–Crippen LogP) is 3.88. The Kier molecular flexibility index (Phi) is 3.36. The van der Waals surface area contributed by atoms with Crippen molar-refractivity contribution in [2.45, 2.75) is 13.8 Å². The van der Waals surface area contributed by atoms with Gasteiger partial charge in [-0.15, -0.1) is 10.2 Å². The lowest BCUT2D eigenvalue weighted by atomic mass is 10.1. The third kappa shape index (κ3) is 2.60. The van der Waals surface area contributed by atoms with E-state index in [9.17, 15) is 4.79 Å². The second-order valence-electron chi connectivity index (χ2n) is 4.99. The van der Waals surface area contributed by atoms with Crippen LogP contribution in [0.3, 0.4) is 0 Å². The summed E-state index contributed by atoms with van der Waals surface area (Å²) in [5.41, 5.74) is 3.86. The number of hydrogen-bond acceptors (Lipinski definition) is 4. The van der Waals surface area contributed by atoms with Crippen molar-refractivity contribution in [1.29, 1.82) is 0 Å². The highest BCUT2D eigenvalue weighted by atomic mass is 16.1.